The van der Waals surface area contributed by atoms with E-state index in [1.54, 1.807) is 24.3 Å². The number of hydrogen-bond acceptors (Lipinski definition) is 5. The number of amides is 3. The molecule has 7 nitrogen and oxygen atoms in total. The highest BCUT2D eigenvalue weighted by Gasteiger charge is 2.52. The van der Waals surface area contributed by atoms with Gasteiger partial charge in [-0.1, -0.05) is 35.4 Å². The highest BCUT2D eigenvalue weighted by Crippen LogP contribution is 2.37. The fourth-order valence-corrected chi connectivity index (χ4v) is 4.82. The minimum Gasteiger partial charge on any atom is -0.497 e. The van der Waals surface area contributed by atoms with Crippen LogP contribution in [-0.4, -0.2) is 46.7 Å². The molecule has 3 amide bonds. The second kappa shape index (κ2) is 9.60. The molecule has 176 valence electrons. The third-order valence-corrected chi connectivity index (χ3v) is 6.74. The topological polar surface area (TPSA) is 84.0 Å². The van der Waals surface area contributed by atoms with E-state index in [1.807, 2.05) is 12.2 Å². The Labute approximate surface area is 206 Å². The molecule has 1 aliphatic heterocycles. The highest BCUT2D eigenvalue weighted by atomic mass is 35.5. The highest BCUT2D eigenvalue weighted by molar-refractivity contribution is 6.36. The normalized spacial score (nSPS) is 20.2. The zero-order chi connectivity index (χ0) is 24.6. The molecular weight excluding hydrogens is 479 g/mol. The molecule has 0 spiro atoms. The third-order valence-electron chi connectivity index (χ3n) is 6.19. The number of carbonyl (C=O) groups excluding carboxylic acids is 4. The van der Waals surface area contributed by atoms with Crippen molar-refractivity contribution in [2.24, 2.45) is 11.8 Å². The molecule has 1 aliphatic carbocycles. The van der Waals surface area contributed by atoms with E-state index in [-0.39, 0.29) is 10.6 Å². The minimum atomic E-state index is -1.17. The Bertz CT molecular complexity index is 1170. The molecule has 1 saturated heterocycles. The SMILES string of the molecule is COc1ccc(C(=O)[C@@H](C)N(C(=O)c2ccc(Cl)cc2Cl)N2C(=O)[C@H]3CC=CC[C@H]3C2=O)cc1. The first-order chi connectivity index (χ1) is 16.2. The average molecular weight is 501 g/mol. The molecule has 3 atom stereocenters. The maximum Gasteiger partial charge on any atom is 0.275 e. The zero-order valence-corrected chi connectivity index (χ0v) is 20.0. The van der Waals surface area contributed by atoms with Gasteiger partial charge in [-0.05, 0) is 62.2 Å². The molecule has 34 heavy (non-hydrogen) atoms. The molecule has 0 radical (unpaired) electrons. The van der Waals surface area contributed by atoms with Gasteiger partial charge in [0.1, 0.15) is 11.8 Å². The standard InChI is InChI=1S/C25H22Cl2N2O5/c1-14(22(30)15-7-10-17(34-2)11-8-15)28(25(33)20-12-9-16(26)13-21(20)27)29-23(31)18-5-3-4-6-19(18)24(29)32/h3-4,7-14,18-19H,5-6H2,1-2H3/t14-,18-,19+/m1/s1. The van der Waals surface area contributed by atoms with Crippen molar-refractivity contribution in [2.45, 2.75) is 25.8 Å². The molecule has 0 aromatic heterocycles. The first-order valence-electron chi connectivity index (χ1n) is 10.7. The van der Waals surface area contributed by atoms with Crippen LogP contribution in [0.15, 0.2) is 54.6 Å². The van der Waals surface area contributed by atoms with Crippen LogP contribution < -0.4 is 4.74 Å². The van der Waals surface area contributed by atoms with Crippen LogP contribution in [0.5, 0.6) is 5.75 Å². The molecule has 0 N–H and O–H groups in total. The number of ether oxygens (including phenoxy) is 1. The summed E-state index contributed by atoms with van der Waals surface area (Å²) in [5.74, 6) is -2.79. The van der Waals surface area contributed by atoms with Crippen molar-refractivity contribution >= 4 is 46.7 Å². The molecular formula is C25H22Cl2N2O5. The Morgan fingerprint density at radius 1 is 1.00 bits per heavy atom. The van der Waals surface area contributed by atoms with Gasteiger partial charge in [0, 0.05) is 10.6 Å². The molecule has 4 rings (SSSR count). The monoisotopic (exact) mass is 500 g/mol. The molecule has 9 heteroatoms. The van der Waals surface area contributed by atoms with Gasteiger partial charge in [0.25, 0.3) is 17.7 Å². The predicted molar refractivity (Wildman–Crippen MR) is 127 cm³/mol. The lowest BCUT2D eigenvalue weighted by molar-refractivity contribution is -0.156. The van der Waals surface area contributed by atoms with Crippen molar-refractivity contribution in [2.75, 3.05) is 7.11 Å². The van der Waals surface area contributed by atoms with E-state index >= 15 is 0 Å². The molecule has 0 bridgehead atoms. The van der Waals surface area contributed by atoms with Crippen LogP contribution in [0, 0.1) is 11.8 Å². The van der Waals surface area contributed by atoms with Gasteiger partial charge >= 0.3 is 0 Å². The summed E-state index contributed by atoms with van der Waals surface area (Å²) < 4.78 is 5.13. The number of allylic oxidation sites excluding steroid dienone is 2. The van der Waals surface area contributed by atoms with Gasteiger partial charge < -0.3 is 4.74 Å². The number of hydrogen-bond donors (Lipinski definition) is 0. The number of nitrogens with zero attached hydrogens (tertiary/aromatic N) is 2. The Kier molecular flexibility index (Phi) is 6.77. The number of hydrazine groups is 1. The van der Waals surface area contributed by atoms with Crippen LogP contribution in [0.3, 0.4) is 0 Å². The second-order valence-electron chi connectivity index (χ2n) is 8.19. The number of carbonyl (C=O) groups is 4. The van der Waals surface area contributed by atoms with E-state index in [0.717, 1.165) is 10.0 Å². The van der Waals surface area contributed by atoms with E-state index in [4.69, 9.17) is 27.9 Å². The van der Waals surface area contributed by atoms with E-state index in [1.165, 1.54) is 32.2 Å². The van der Waals surface area contributed by atoms with Crippen LogP contribution in [0.25, 0.3) is 0 Å². The van der Waals surface area contributed by atoms with Crippen molar-refractivity contribution in [3.8, 4) is 5.75 Å². The maximum atomic E-state index is 13.7. The van der Waals surface area contributed by atoms with Crippen LogP contribution in [-0.2, 0) is 9.59 Å². The summed E-state index contributed by atoms with van der Waals surface area (Å²) in [6.45, 7) is 1.48. The number of ketones is 1. The van der Waals surface area contributed by atoms with Crippen LogP contribution in [0.1, 0.15) is 40.5 Å². The van der Waals surface area contributed by atoms with Crippen molar-refractivity contribution in [1.82, 2.24) is 10.0 Å². The first kappa shape index (κ1) is 24.0. The lowest BCUT2D eigenvalue weighted by Crippen LogP contribution is -2.56. The van der Waals surface area contributed by atoms with Gasteiger partial charge in [0.15, 0.2) is 5.78 Å². The lowest BCUT2D eigenvalue weighted by Gasteiger charge is -2.35. The van der Waals surface area contributed by atoms with Gasteiger partial charge in [-0.3, -0.25) is 19.2 Å². The Hall–Kier alpha value is -3.16. The van der Waals surface area contributed by atoms with Gasteiger partial charge in [-0.15, -0.1) is 0 Å². The third kappa shape index (κ3) is 4.21. The lowest BCUT2D eigenvalue weighted by atomic mass is 9.85. The number of Topliss-reactive ketones (excluding diaryl/α,β-unsaturated/α-hetero) is 1. The number of benzene rings is 2. The quantitative estimate of drug-likeness (QED) is 0.329. The molecule has 2 aromatic rings. The van der Waals surface area contributed by atoms with Gasteiger partial charge in [0.05, 0.1) is 29.5 Å². The molecule has 2 aromatic carbocycles. The first-order valence-corrected chi connectivity index (χ1v) is 11.5. The summed E-state index contributed by atoms with van der Waals surface area (Å²) in [5.41, 5.74) is 0.320. The fourth-order valence-electron chi connectivity index (χ4n) is 4.33. The Balaban J connectivity index is 1.76. The fraction of sp³-hybridized carbons (Fsp3) is 0.280. The van der Waals surface area contributed by atoms with Gasteiger partial charge in [-0.25, -0.2) is 5.01 Å². The average Bonchev–Trinajstić information content (AvgIpc) is 3.09. The minimum absolute atomic E-state index is 0.0223. The summed E-state index contributed by atoms with van der Waals surface area (Å²) in [7, 11) is 1.51. The van der Waals surface area contributed by atoms with E-state index in [0.29, 0.717) is 29.2 Å². The van der Waals surface area contributed by atoms with Crippen LogP contribution in [0.4, 0.5) is 0 Å². The summed E-state index contributed by atoms with van der Waals surface area (Å²) >= 11 is 12.3. The molecule has 1 heterocycles. The second-order valence-corrected chi connectivity index (χ2v) is 9.03. The Morgan fingerprint density at radius 3 is 2.12 bits per heavy atom. The Morgan fingerprint density at radius 2 is 1.59 bits per heavy atom. The molecule has 0 saturated carbocycles. The number of rotatable bonds is 6. The van der Waals surface area contributed by atoms with Gasteiger partial charge in [-0.2, -0.15) is 5.01 Å². The van der Waals surface area contributed by atoms with E-state index < -0.39 is 41.4 Å². The maximum absolute atomic E-state index is 13.7. The predicted octanol–water partition coefficient (Wildman–Crippen LogP) is 4.58. The number of fused-ring (bicyclic) bond motifs is 1. The largest absolute Gasteiger partial charge is 0.497 e. The summed E-state index contributed by atoms with van der Waals surface area (Å²) in [5, 5.41) is 2.14. The van der Waals surface area contributed by atoms with E-state index in [2.05, 4.69) is 0 Å². The number of imide groups is 1. The van der Waals surface area contributed by atoms with Gasteiger partial charge in [0.2, 0.25) is 0 Å². The van der Waals surface area contributed by atoms with Crippen molar-refractivity contribution in [3.05, 3.63) is 75.8 Å². The van der Waals surface area contributed by atoms with Crippen LogP contribution in [0.2, 0.25) is 10.0 Å². The zero-order valence-electron chi connectivity index (χ0n) is 18.5. The number of halogens is 2. The molecule has 1 fully saturated rings. The van der Waals surface area contributed by atoms with Crippen molar-refractivity contribution in [3.63, 3.8) is 0 Å². The van der Waals surface area contributed by atoms with Crippen molar-refractivity contribution < 1.29 is 23.9 Å². The smallest absolute Gasteiger partial charge is 0.275 e. The van der Waals surface area contributed by atoms with Crippen LogP contribution >= 0.6 is 23.2 Å². The van der Waals surface area contributed by atoms with Crippen molar-refractivity contribution in [1.29, 1.82) is 0 Å². The summed E-state index contributed by atoms with van der Waals surface area (Å²) in [6.07, 6.45) is 4.50. The van der Waals surface area contributed by atoms with E-state index in [9.17, 15) is 19.2 Å². The summed E-state index contributed by atoms with van der Waals surface area (Å²) in [4.78, 5) is 53.7. The molecule has 0 unspecified atom stereocenters. The summed E-state index contributed by atoms with van der Waals surface area (Å²) in [6, 6.07) is 9.47. The number of methoxy groups -OCH3 is 1. The molecule has 2 aliphatic rings.